The fraction of sp³-hybridized carbons (Fsp3) is 0.100. The predicted molar refractivity (Wildman–Crippen MR) is 63.8 cm³/mol. The van der Waals surface area contributed by atoms with Gasteiger partial charge in [-0.25, -0.2) is 17.9 Å². The van der Waals surface area contributed by atoms with Crippen LogP contribution in [0.25, 0.3) is 0 Å². The summed E-state index contributed by atoms with van der Waals surface area (Å²) in [6, 6.07) is 3.29. The molecular weight excluding hydrogens is 272 g/mol. The van der Waals surface area contributed by atoms with Crippen molar-refractivity contribution in [2.75, 3.05) is 0 Å². The summed E-state index contributed by atoms with van der Waals surface area (Å²) in [6.07, 6.45) is 4.01. The Morgan fingerprint density at radius 2 is 2.05 bits per heavy atom. The highest BCUT2D eigenvalue weighted by molar-refractivity contribution is 7.89. The Morgan fingerprint density at radius 1 is 1.37 bits per heavy atom. The van der Waals surface area contributed by atoms with Crippen LogP contribution in [-0.2, 0) is 16.6 Å². The second-order valence-corrected chi connectivity index (χ2v) is 5.30. The van der Waals surface area contributed by atoms with Crippen molar-refractivity contribution in [1.29, 1.82) is 0 Å². The molecular formula is C10H10N4O4S. The van der Waals surface area contributed by atoms with Gasteiger partial charge in [-0.3, -0.25) is 10.1 Å². The van der Waals surface area contributed by atoms with Gasteiger partial charge in [0, 0.05) is 18.9 Å². The van der Waals surface area contributed by atoms with Crippen LogP contribution in [0.3, 0.4) is 0 Å². The molecule has 0 aromatic carbocycles. The number of sulfonamides is 1. The maximum Gasteiger partial charge on any atom is 0.340 e. The molecule has 0 bridgehead atoms. The van der Waals surface area contributed by atoms with E-state index in [1.54, 1.807) is 12.1 Å². The van der Waals surface area contributed by atoms with Gasteiger partial charge >= 0.3 is 5.97 Å². The third-order valence-electron chi connectivity index (χ3n) is 2.32. The van der Waals surface area contributed by atoms with Crippen molar-refractivity contribution >= 4 is 16.0 Å². The number of aromatic carboxylic acids is 1. The number of H-pyrrole nitrogens is 1. The Balaban J connectivity index is 2.19. The van der Waals surface area contributed by atoms with E-state index in [1.165, 1.54) is 12.4 Å². The van der Waals surface area contributed by atoms with E-state index in [4.69, 9.17) is 5.11 Å². The first-order valence-corrected chi connectivity index (χ1v) is 6.64. The minimum Gasteiger partial charge on any atom is -0.478 e. The summed E-state index contributed by atoms with van der Waals surface area (Å²) in [5, 5.41) is 14.0. The van der Waals surface area contributed by atoms with Crippen molar-refractivity contribution in [1.82, 2.24) is 19.9 Å². The topological polar surface area (TPSA) is 125 Å². The van der Waals surface area contributed by atoms with Crippen LogP contribution in [0.4, 0.5) is 0 Å². The van der Waals surface area contributed by atoms with Crippen LogP contribution in [0, 0.1) is 0 Å². The molecule has 0 amide bonds. The van der Waals surface area contributed by atoms with Crippen molar-refractivity contribution in [3.05, 3.63) is 41.9 Å². The first-order chi connectivity index (χ1) is 9.00. The molecule has 3 N–H and O–H groups in total. The second-order valence-electron chi connectivity index (χ2n) is 3.60. The predicted octanol–water partition coefficient (Wildman–Crippen LogP) is -0.0186. The normalized spacial score (nSPS) is 11.4. The molecule has 2 aromatic heterocycles. The number of aromatic amines is 1. The quantitative estimate of drug-likeness (QED) is 0.707. The first-order valence-electron chi connectivity index (χ1n) is 5.16. The summed E-state index contributed by atoms with van der Waals surface area (Å²) >= 11 is 0. The summed E-state index contributed by atoms with van der Waals surface area (Å²) < 4.78 is 26.1. The molecule has 0 saturated heterocycles. The highest BCUT2D eigenvalue weighted by Crippen LogP contribution is 2.12. The minimum atomic E-state index is -3.96. The van der Waals surface area contributed by atoms with Crippen LogP contribution >= 0.6 is 0 Å². The maximum atomic E-state index is 11.9. The summed E-state index contributed by atoms with van der Waals surface area (Å²) in [5.74, 6) is -1.36. The molecule has 0 unspecified atom stereocenters. The van der Waals surface area contributed by atoms with Gasteiger partial charge in [0.15, 0.2) is 5.03 Å². The zero-order valence-electron chi connectivity index (χ0n) is 9.57. The van der Waals surface area contributed by atoms with Crippen LogP contribution in [0.5, 0.6) is 0 Å². The van der Waals surface area contributed by atoms with E-state index >= 15 is 0 Å². The van der Waals surface area contributed by atoms with Crippen LogP contribution in [0.2, 0.25) is 0 Å². The van der Waals surface area contributed by atoms with E-state index in [-0.39, 0.29) is 6.54 Å². The van der Waals surface area contributed by atoms with Gasteiger partial charge in [-0.15, -0.1) is 0 Å². The molecule has 0 atom stereocenters. The maximum absolute atomic E-state index is 11.9. The Bertz CT molecular complexity index is 681. The molecule has 8 nitrogen and oxygen atoms in total. The van der Waals surface area contributed by atoms with Crippen molar-refractivity contribution in [2.45, 2.75) is 11.6 Å². The molecule has 0 aliphatic carbocycles. The fourth-order valence-corrected chi connectivity index (χ4v) is 2.49. The monoisotopic (exact) mass is 282 g/mol. The highest BCUT2D eigenvalue weighted by Gasteiger charge is 2.24. The number of hydrogen-bond acceptors (Lipinski definition) is 5. The number of hydrogen-bond donors (Lipinski definition) is 3. The lowest BCUT2D eigenvalue weighted by atomic mass is 10.3. The standard InChI is InChI=1S/C10H10N4O4S/c15-10(16)8-6-12-14-9(8)19(17,18)13-5-7-1-3-11-4-2-7/h1-4,6,13H,5H2,(H,12,14)(H,15,16). The Kier molecular flexibility index (Phi) is 3.58. The molecule has 2 rings (SSSR count). The van der Waals surface area contributed by atoms with Gasteiger partial charge in [0.25, 0.3) is 10.0 Å². The molecule has 100 valence electrons. The van der Waals surface area contributed by atoms with Crippen LogP contribution in [0.15, 0.2) is 35.7 Å². The highest BCUT2D eigenvalue weighted by atomic mass is 32.2. The lowest BCUT2D eigenvalue weighted by molar-refractivity contribution is 0.0692. The first kappa shape index (κ1) is 13.2. The SMILES string of the molecule is O=C(O)c1cn[nH]c1S(=O)(=O)NCc1ccncc1. The van der Waals surface area contributed by atoms with Crippen molar-refractivity contribution < 1.29 is 18.3 Å². The molecule has 2 aromatic rings. The zero-order chi connectivity index (χ0) is 13.9. The molecule has 0 spiro atoms. The minimum absolute atomic E-state index is 0.0307. The number of pyridine rings is 1. The molecule has 9 heteroatoms. The van der Waals surface area contributed by atoms with Crippen LogP contribution in [0.1, 0.15) is 15.9 Å². The third-order valence-corrected chi connectivity index (χ3v) is 3.69. The lowest BCUT2D eigenvalue weighted by Crippen LogP contribution is -2.25. The number of carbonyl (C=O) groups is 1. The number of nitrogens with one attached hydrogen (secondary N) is 2. The van der Waals surface area contributed by atoms with E-state index in [1.807, 2.05) is 0 Å². The smallest absolute Gasteiger partial charge is 0.340 e. The van der Waals surface area contributed by atoms with Gasteiger partial charge in [-0.2, -0.15) is 5.10 Å². The number of carboxylic acids is 1. The molecule has 0 fully saturated rings. The summed E-state index contributed by atoms with van der Waals surface area (Å²) in [6.45, 7) is 0.0307. The van der Waals surface area contributed by atoms with Crippen LogP contribution < -0.4 is 4.72 Å². The molecule has 19 heavy (non-hydrogen) atoms. The Morgan fingerprint density at radius 3 is 2.68 bits per heavy atom. The van der Waals surface area contributed by atoms with Crippen molar-refractivity contribution in [3.8, 4) is 0 Å². The van der Waals surface area contributed by atoms with Gasteiger partial charge in [0.2, 0.25) is 0 Å². The molecule has 2 heterocycles. The Labute approximate surface area is 108 Å². The van der Waals surface area contributed by atoms with Gasteiger partial charge in [0.1, 0.15) is 5.56 Å². The second kappa shape index (κ2) is 5.16. The van der Waals surface area contributed by atoms with E-state index < -0.39 is 26.6 Å². The van der Waals surface area contributed by atoms with Gasteiger partial charge in [-0.1, -0.05) is 0 Å². The van der Waals surface area contributed by atoms with E-state index in [2.05, 4.69) is 19.9 Å². The summed E-state index contributed by atoms with van der Waals surface area (Å²) in [7, 11) is -3.96. The zero-order valence-corrected chi connectivity index (χ0v) is 10.4. The molecule has 0 radical (unpaired) electrons. The van der Waals surface area contributed by atoms with Crippen LogP contribution in [-0.4, -0.2) is 34.7 Å². The van der Waals surface area contributed by atoms with Gasteiger partial charge in [-0.05, 0) is 17.7 Å². The lowest BCUT2D eigenvalue weighted by Gasteiger charge is -2.05. The van der Waals surface area contributed by atoms with E-state index in [0.717, 1.165) is 6.20 Å². The average Bonchev–Trinajstić information content (AvgIpc) is 2.88. The number of aromatic nitrogens is 3. The van der Waals surface area contributed by atoms with E-state index in [0.29, 0.717) is 5.56 Å². The number of carboxylic acid groups (broad SMARTS) is 1. The number of rotatable bonds is 5. The average molecular weight is 282 g/mol. The molecule has 0 aliphatic heterocycles. The van der Waals surface area contributed by atoms with Crippen molar-refractivity contribution in [2.24, 2.45) is 0 Å². The van der Waals surface area contributed by atoms with E-state index in [9.17, 15) is 13.2 Å². The number of nitrogens with zero attached hydrogens (tertiary/aromatic N) is 2. The fourth-order valence-electron chi connectivity index (χ4n) is 1.38. The van der Waals surface area contributed by atoms with Crippen molar-refractivity contribution in [3.63, 3.8) is 0 Å². The molecule has 0 saturated carbocycles. The third kappa shape index (κ3) is 2.95. The summed E-state index contributed by atoms with van der Waals surface area (Å²) in [5.41, 5.74) is 0.303. The van der Waals surface area contributed by atoms with Gasteiger partial charge < -0.3 is 5.11 Å². The Hall–Kier alpha value is -2.26. The molecule has 0 aliphatic rings. The van der Waals surface area contributed by atoms with Gasteiger partial charge in [0.05, 0.1) is 6.20 Å². The summed E-state index contributed by atoms with van der Waals surface area (Å²) in [4.78, 5) is 14.6. The largest absolute Gasteiger partial charge is 0.478 e.